The van der Waals surface area contributed by atoms with Crippen LogP contribution in [0, 0.1) is 19.8 Å². The van der Waals surface area contributed by atoms with Gasteiger partial charge >= 0.3 is 0 Å². The Bertz CT molecular complexity index is 939. The largest absolute Gasteiger partial charge is 0.341 e. The quantitative estimate of drug-likeness (QED) is 0.768. The minimum atomic E-state index is -3.85. The first-order chi connectivity index (χ1) is 13.3. The van der Waals surface area contributed by atoms with E-state index in [0.717, 1.165) is 24.0 Å². The van der Waals surface area contributed by atoms with E-state index in [1.165, 1.54) is 4.31 Å². The highest BCUT2D eigenvalue weighted by Crippen LogP contribution is 2.27. The lowest BCUT2D eigenvalue weighted by Crippen LogP contribution is -2.46. The first kappa shape index (κ1) is 20.4. The number of piperidine rings is 1. The van der Waals surface area contributed by atoms with Gasteiger partial charge in [0.05, 0.1) is 10.6 Å². The summed E-state index contributed by atoms with van der Waals surface area (Å²) in [5, 5.41) is 0. The van der Waals surface area contributed by atoms with Crippen molar-refractivity contribution in [1.82, 2.24) is 4.90 Å². The molecule has 2 aromatic carbocycles. The molecule has 0 aliphatic carbocycles. The number of sulfonamides is 1. The van der Waals surface area contributed by atoms with Crippen molar-refractivity contribution in [3.05, 3.63) is 59.7 Å². The fourth-order valence-corrected chi connectivity index (χ4v) is 5.10. The lowest BCUT2D eigenvalue weighted by Gasteiger charge is -2.33. The summed E-state index contributed by atoms with van der Waals surface area (Å²) in [4.78, 5) is 15.0. The zero-order valence-corrected chi connectivity index (χ0v) is 17.6. The van der Waals surface area contributed by atoms with Gasteiger partial charge < -0.3 is 4.90 Å². The molecule has 0 N–H and O–H groups in total. The molecule has 0 bridgehead atoms. The normalized spacial score (nSPS) is 17.4. The molecule has 150 valence electrons. The molecule has 3 rings (SSSR count). The molecule has 2 aromatic rings. The smallest absolute Gasteiger partial charge is 0.264 e. The van der Waals surface area contributed by atoms with E-state index in [1.54, 1.807) is 41.3 Å². The molecule has 6 heteroatoms. The van der Waals surface area contributed by atoms with E-state index in [9.17, 15) is 13.2 Å². The summed E-state index contributed by atoms with van der Waals surface area (Å²) in [5.74, 6) is 0.295. The third-order valence-corrected chi connectivity index (χ3v) is 7.06. The molecular weight excluding hydrogens is 372 g/mol. The molecule has 1 aliphatic heterocycles. The van der Waals surface area contributed by atoms with Gasteiger partial charge in [0.25, 0.3) is 10.0 Å². The SMILES string of the molecule is Cc1ccc(S(=O)(=O)N(CC(=O)N2CCC[C@H](C)C2)c2ccccc2C)cc1. The van der Waals surface area contributed by atoms with Crippen LogP contribution in [0.2, 0.25) is 0 Å². The van der Waals surface area contributed by atoms with Crippen LogP contribution in [0.5, 0.6) is 0 Å². The number of aryl methyl sites for hydroxylation is 2. The van der Waals surface area contributed by atoms with E-state index in [-0.39, 0.29) is 17.3 Å². The second-order valence-corrected chi connectivity index (χ2v) is 9.56. The first-order valence-corrected chi connectivity index (χ1v) is 11.2. The number of nitrogens with zero attached hydrogens (tertiary/aromatic N) is 2. The summed E-state index contributed by atoms with van der Waals surface area (Å²) in [6.45, 7) is 7.09. The molecule has 0 spiro atoms. The molecule has 1 atom stereocenters. The average molecular weight is 401 g/mol. The second kappa shape index (κ2) is 8.35. The number of carbonyl (C=O) groups excluding carboxylic acids is 1. The van der Waals surface area contributed by atoms with Crippen LogP contribution in [0.25, 0.3) is 0 Å². The highest BCUT2D eigenvalue weighted by molar-refractivity contribution is 7.92. The predicted octanol–water partition coefficient (Wildman–Crippen LogP) is 3.76. The van der Waals surface area contributed by atoms with Gasteiger partial charge in [0.1, 0.15) is 6.54 Å². The summed E-state index contributed by atoms with van der Waals surface area (Å²) in [6.07, 6.45) is 2.06. The van der Waals surface area contributed by atoms with Crippen LogP contribution in [0.15, 0.2) is 53.4 Å². The maximum Gasteiger partial charge on any atom is 0.264 e. The Hall–Kier alpha value is -2.34. The molecule has 0 radical (unpaired) electrons. The Labute approximate surface area is 168 Å². The molecule has 28 heavy (non-hydrogen) atoms. The Morgan fingerprint density at radius 1 is 1.11 bits per heavy atom. The van der Waals surface area contributed by atoms with Gasteiger partial charge in [-0.1, -0.05) is 42.8 Å². The molecule has 1 heterocycles. The molecule has 1 aliphatic rings. The molecule has 1 fully saturated rings. The van der Waals surface area contributed by atoms with Crippen LogP contribution in [0.3, 0.4) is 0 Å². The summed E-state index contributed by atoms with van der Waals surface area (Å²) in [7, 11) is -3.85. The van der Waals surface area contributed by atoms with Gasteiger partial charge in [0.2, 0.25) is 5.91 Å². The number of para-hydroxylation sites is 1. The van der Waals surface area contributed by atoms with Crippen LogP contribution < -0.4 is 4.31 Å². The summed E-state index contributed by atoms with van der Waals surface area (Å²) >= 11 is 0. The molecule has 0 aromatic heterocycles. The maximum absolute atomic E-state index is 13.4. The predicted molar refractivity (Wildman–Crippen MR) is 112 cm³/mol. The minimum Gasteiger partial charge on any atom is -0.341 e. The summed E-state index contributed by atoms with van der Waals surface area (Å²) in [6, 6.07) is 14.0. The van der Waals surface area contributed by atoms with Crippen molar-refractivity contribution in [3.8, 4) is 0 Å². The van der Waals surface area contributed by atoms with E-state index >= 15 is 0 Å². The van der Waals surface area contributed by atoms with Gasteiger partial charge in [0.15, 0.2) is 0 Å². The van der Waals surface area contributed by atoms with Gasteiger partial charge in [-0.2, -0.15) is 0 Å². The summed E-state index contributed by atoms with van der Waals surface area (Å²) < 4.78 is 28.1. The van der Waals surface area contributed by atoms with E-state index in [2.05, 4.69) is 6.92 Å². The summed E-state index contributed by atoms with van der Waals surface area (Å²) in [5.41, 5.74) is 2.35. The van der Waals surface area contributed by atoms with Crippen LogP contribution >= 0.6 is 0 Å². The Kier molecular flexibility index (Phi) is 6.08. The standard InChI is InChI=1S/C22H28N2O3S/c1-17-10-12-20(13-11-17)28(26,27)24(21-9-5-4-8-19(21)3)16-22(25)23-14-6-7-18(2)15-23/h4-5,8-13,18H,6-7,14-16H2,1-3H3/t18-/m0/s1. The van der Waals surface area contributed by atoms with Crippen molar-refractivity contribution in [1.29, 1.82) is 0 Å². The number of rotatable bonds is 5. The van der Waals surface area contributed by atoms with Gasteiger partial charge in [-0.05, 0) is 56.4 Å². The third kappa shape index (κ3) is 4.38. The van der Waals surface area contributed by atoms with Gasteiger partial charge in [-0.3, -0.25) is 9.10 Å². The second-order valence-electron chi connectivity index (χ2n) is 7.70. The van der Waals surface area contributed by atoms with Gasteiger partial charge in [-0.25, -0.2) is 8.42 Å². The molecule has 1 saturated heterocycles. The van der Waals surface area contributed by atoms with Crippen LogP contribution in [-0.4, -0.2) is 38.9 Å². The highest BCUT2D eigenvalue weighted by Gasteiger charge is 2.30. The van der Waals surface area contributed by atoms with Crippen molar-refractivity contribution >= 4 is 21.6 Å². The fraction of sp³-hybridized carbons (Fsp3) is 0.409. The van der Waals surface area contributed by atoms with E-state index < -0.39 is 10.0 Å². The number of anilines is 1. The third-order valence-electron chi connectivity index (χ3n) is 5.28. The molecule has 0 saturated carbocycles. The van der Waals surface area contributed by atoms with Crippen molar-refractivity contribution in [2.45, 2.75) is 38.5 Å². The van der Waals surface area contributed by atoms with Crippen molar-refractivity contribution < 1.29 is 13.2 Å². The number of benzene rings is 2. The van der Waals surface area contributed by atoms with E-state index in [4.69, 9.17) is 0 Å². The van der Waals surface area contributed by atoms with E-state index in [0.29, 0.717) is 24.7 Å². The fourth-order valence-electron chi connectivity index (χ4n) is 3.62. The zero-order chi connectivity index (χ0) is 20.3. The zero-order valence-electron chi connectivity index (χ0n) is 16.8. The van der Waals surface area contributed by atoms with Crippen LogP contribution in [0.4, 0.5) is 5.69 Å². The number of likely N-dealkylation sites (tertiary alicyclic amines) is 1. The van der Waals surface area contributed by atoms with Crippen molar-refractivity contribution in [2.75, 3.05) is 23.9 Å². The lowest BCUT2D eigenvalue weighted by molar-refractivity contribution is -0.131. The molecule has 5 nitrogen and oxygen atoms in total. The molecule has 0 unspecified atom stereocenters. The molecular formula is C22H28N2O3S. The van der Waals surface area contributed by atoms with Crippen LogP contribution in [-0.2, 0) is 14.8 Å². The van der Waals surface area contributed by atoms with Crippen molar-refractivity contribution in [2.24, 2.45) is 5.92 Å². The Balaban J connectivity index is 1.97. The van der Waals surface area contributed by atoms with Gasteiger partial charge in [-0.15, -0.1) is 0 Å². The Morgan fingerprint density at radius 2 is 1.79 bits per heavy atom. The van der Waals surface area contributed by atoms with Crippen LogP contribution in [0.1, 0.15) is 30.9 Å². The van der Waals surface area contributed by atoms with Gasteiger partial charge in [0, 0.05) is 13.1 Å². The Morgan fingerprint density at radius 3 is 2.43 bits per heavy atom. The van der Waals surface area contributed by atoms with Crippen molar-refractivity contribution in [3.63, 3.8) is 0 Å². The topological polar surface area (TPSA) is 57.7 Å². The lowest BCUT2D eigenvalue weighted by atomic mass is 10.0. The maximum atomic E-state index is 13.4. The number of hydrogen-bond acceptors (Lipinski definition) is 3. The van der Waals surface area contributed by atoms with E-state index in [1.807, 2.05) is 26.0 Å². The highest BCUT2D eigenvalue weighted by atomic mass is 32.2. The number of carbonyl (C=O) groups is 1. The number of amides is 1. The molecule has 1 amide bonds. The monoisotopic (exact) mass is 400 g/mol. The average Bonchev–Trinajstić information content (AvgIpc) is 2.67. The minimum absolute atomic E-state index is 0.148. The number of hydrogen-bond donors (Lipinski definition) is 0. The first-order valence-electron chi connectivity index (χ1n) is 9.72.